The van der Waals surface area contributed by atoms with Crippen LogP contribution in [0.2, 0.25) is 0 Å². The molecule has 136 valence electrons. The number of nitrogens with zero attached hydrogens (tertiary/aromatic N) is 1. The Morgan fingerprint density at radius 2 is 1.78 bits per heavy atom. The molecule has 2 aromatic carbocycles. The van der Waals surface area contributed by atoms with Crippen LogP contribution in [0.25, 0.3) is 22.5 Å². The summed E-state index contributed by atoms with van der Waals surface area (Å²) in [6.45, 7) is 1.12. The lowest BCUT2D eigenvalue weighted by atomic mass is 10.1. The van der Waals surface area contributed by atoms with Gasteiger partial charge in [-0.1, -0.05) is 30.3 Å². The first kappa shape index (κ1) is 17.1. The van der Waals surface area contributed by atoms with E-state index in [1.54, 1.807) is 24.3 Å². The highest BCUT2D eigenvalue weighted by Gasteiger charge is 2.16. The second-order valence-electron chi connectivity index (χ2n) is 6.55. The van der Waals surface area contributed by atoms with E-state index in [1.807, 2.05) is 42.3 Å². The Kier molecular flexibility index (Phi) is 4.52. The molecule has 5 nitrogen and oxygen atoms in total. The highest BCUT2D eigenvalue weighted by atomic mass is 16.4. The molecule has 2 heterocycles. The zero-order chi connectivity index (χ0) is 18.8. The minimum absolute atomic E-state index is 0.0838. The maximum Gasteiger partial charge on any atom is 0.193 e. The lowest BCUT2D eigenvalue weighted by molar-refractivity contribution is 0.314. The molecule has 0 atom stereocenters. The Morgan fingerprint density at radius 1 is 0.963 bits per heavy atom. The first-order valence-electron chi connectivity index (χ1n) is 8.67. The lowest BCUT2D eigenvalue weighted by Crippen LogP contribution is -2.18. The molecule has 4 rings (SSSR count). The van der Waals surface area contributed by atoms with Crippen LogP contribution in [-0.2, 0) is 13.1 Å². The van der Waals surface area contributed by atoms with Crippen molar-refractivity contribution in [3.05, 3.63) is 88.3 Å². The van der Waals surface area contributed by atoms with Gasteiger partial charge in [0.25, 0.3) is 0 Å². The van der Waals surface area contributed by atoms with Crippen LogP contribution in [0.5, 0.6) is 5.75 Å². The maximum atomic E-state index is 12.8. The van der Waals surface area contributed by atoms with E-state index in [-0.39, 0.29) is 11.2 Å². The van der Waals surface area contributed by atoms with Gasteiger partial charge in [0.05, 0.1) is 11.6 Å². The van der Waals surface area contributed by atoms with Crippen molar-refractivity contribution in [2.45, 2.75) is 13.1 Å². The molecule has 0 amide bonds. The Bertz CT molecular complexity index is 1110. The van der Waals surface area contributed by atoms with Gasteiger partial charge in [0.2, 0.25) is 0 Å². The Morgan fingerprint density at radius 3 is 2.52 bits per heavy atom. The molecule has 1 N–H and O–H groups in total. The van der Waals surface area contributed by atoms with Crippen molar-refractivity contribution < 1.29 is 13.9 Å². The lowest BCUT2D eigenvalue weighted by Gasteiger charge is -2.18. The smallest absolute Gasteiger partial charge is 0.193 e. The molecule has 0 radical (unpaired) electrons. The molecule has 0 aliphatic carbocycles. The van der Waals surface area contributed by atoms with Crippen molar-refractivity contribution in [2.75, 3.05) is 7.05 Å². The fourth-order valence-electron chi connectivity index (χ4n) is 3.23. The van der Waals surface area contributed by atoms with E-state index >= 15 is 0 Å². The second kappa shape index (κ2) is 7.13. The minimum Gasteiger partial charge on any atom is -0.508 e. The number of fused-ring (bicyclic) bond motifs is 1. The number of phenols is 1. The summed E-state index contributed by atoms with van der Waals surface area (Å²) in [7, 11) is 1.95. The average molecular weight is 361 g/mol. The molecular weight excluding hydrogens is 342 g/mol. The summed E-state index contributed by atoms with van der Waals surface area (Å²) in [4.78, 5) is 14.8. The quantitative estimate of drug-likeness (QED) is 0.571. The van der Waals surface area contributed by atoms with E-state index in [0.29, 0.717) is 41.1 Å². The van der Waals surface area contributed by atoms with Crippen LogP contribution in [-0.4, -0.2) is 17.1 Å². The third-order valence-electron chi connectivity index (χ3n) is 4.47. The van der Waals surface area contributed by atoms with Gasteiger partial charge in [-0.25, -0.2) is 0 Å². The summed E-state index contributed by atoms with van der Waals surface area (Å²) in [5.41, 5.74) is 1.94. The van der Waals surface area contributed by atoms with Crippen molar-refractivity contribution in [1.82, 2.24) is 4.90 Å². The molecule has 2 aromatic heterocycles. The summed E-state index contributed by atoms with van der Waals surface area (Å²) in [6, 6.07) is 18.1. The Balaban J connectivity index is 1.72. The van der Waals surface area contributed by atoms with Gasteiger partial charge in [-0.15, -0.1) is 0 Å². The molecule has 0 spiro atoms. The van der Waals surface area contributed by atoms with Crippen molar-refractivity contribution in [2.24, 2.45) is 0 Å². The summed E-state index contributed by atoms with van der Waals surface area (Å²) in [5.74, 6) is 0.942. The maximum absolute atomic E-state index is 12.8. The van der Waals surface area contributed by atoms with Gasteiger partial charge in [0, 0.05) is 24.7 Å². The SMILES string of the molecule is CN(Cc1ccccc1)Cc1c(O)ccc2oc(-c3ccco3)cc(=O)c12. The predicted octanol–water partition coefficient (Wildman–Crippen LogP) is 4.39. The molecule has 0 fully saturated rings. The van der Waals surface area contributed by atoms with E-state index < -0.39 is 0 Å². The van der Waals surface area contributed by atoms with Crippen LogP contribution >= 0.6 is 0 Å². The number of hydrogen-bond acceptors (Lipinski definition) is 5. The predicted molar refractivity (Wildman–Crippen MR) is 103 cm³/mol. The van der Waals surface area contributed by atoms with Crippen LogP contribution in [0.3, 0.4) is 0 Å². The monoisotopic (exact) mass is 361 g/mol. The first-order valence-corrected chi connectivity index (χ1v) is 8.67. The number of phenolic OH excluding ortho intramolecular Hbond substituents is 1. The van der Waals surface area contributed by atoms with Crippen molar-refractivity contribution in [3.63, 3.8) is 0 Å². The van der Waals surface area contributed by atoms with Crippen LogP contribution in [0, 0.1) is 0 Å². The molecule has 0 aliphatic rings. The van der Waals surface area contributed by atoms with Gasteiger partial charge in [0.15, 0.2) is 16.9 Å². The van der Waals surface area contributed by atoms with Crippen LogP contribution in [0.15, 0.2) is 80.6 Å². The van der Waals surface area contributed by atoms with Gasteiger partial charge >= 0.3 is 0 Å². The zero-order valence-electron chi connectivity index (χ0n) is 14.9. The van der Waals surface area contributed by atoms with Crippen molar-refractivity contribution >= 4 is 11.0 Å². The number of benzene rings is 2. The fraction of sp³-hybridized carbons (Fsp3) is 0.136. The van der Waals surface area contributed by atoms with E-state index in [4.69, 9.17) is 8.83 Å². The molecule has 4 aromatic rings. The third kappa shape index (κ3) is 3.50. The summed E-state index contributed by atoms with van der Waals surface area (Å²) >= 11 is 0. The minimum atomic E-state index is -0.207. The number of rotatable bonds is 5. The van der Waals surface area contributed by atoms with Gasteiger partial charge in [-0.3, -0.25) is 9.69 Å². The van der Waals surface area contributed by atoms with Crippen LogP contribution in [0.4, 0.5) is 0 Å². The zero-order valence-corrected chi connectivity index (χ0v) is 14.9. The highest BCUT2D eigenvalue weighted by Crippen LogP contribution is 2.29. The number of aromatic hydroxyl groups is 1. The first-order chi connectivity index (χ1) is 13.1. The summed E-state index contributed by atoms with van der Waals surface area (Å²) in [6.07, 6.45) is 1.53. The van der Waals surface area contributed by atoms with Crippen molar-refractivity contribution in [3.8, 4) is 17.3 Å². The van der Waals surface area contributed by atoms with Gasteiger partial charge in [0.1, 0.15) is 11.3 Å². The molecule has 0 unspecified atom stereocenters. The number of hydrogen-bond donors (Lipinski definition) is 1. The Hall–Kier alpha value is -3.31. The van der Waals surface area contributed by atoms with E-state index in [1.165, 1.54) is 12.3 Å². The topological polar surface area (TPSA) is 66.8 Å². The molecule has 0 bridgehead atoms. The van der Waals surface area contributed by atoms with E-state index in [0.717, 1.165) is 5.56 Å². The molecular formula is C22H19NO4. The van der Waals surface area contributed by atoms with E-state index in [9.17, 15) is 9.90 Å². The molecule has 0 aliphatic heterocycles. The summed E-state index contributed by atoms with van der Waals surface area (Å²) in [5, 5.41) is 10.8. The molecule has 5 heteroatoms. The van der Waals surface area contributed by atoms with E-state index in [2.05, 4.69) is 0 Å². The van der Waals surface area contributed by atoms with Crippen LogP contribution in [0.1, 0.15) is 11.1 Å². The second-order valence-corrected chi connectivity index (χ2v) is 6.55. The standard InChI is InChI=1S/C22H19NO4/c1-23(13-15-6-3-2-4-7-15)14-16-17(24)9-10-20-22(16)18(25)12-21(27-20)19-8-5-11-26-19/h2-12,24H,13-14H2,1H3. The molecule has 0 saturated carbocycles. The highest BCUT2D eigenvalue weighted by molar-refractivity contribution is 5.84. The third-order valence-corrected chi connectivity index (χ3v) is 4.47. The van der Waals surface area contributed by atoms with Gasteiger partial charge in [-0.05, 0) is 36.9 Å². The van der Waals surface area contributed by atoms with Gasteiger partial charge in [-0.2, -0.15) is 0 Å². The fourth-order valence-corrected chi connectivity index (χ4v) is 3.23. The van der Waals surface area contributed by atoms with Crippen LogP contribution < -0.4 is 5.43 Å². The average Bonchev–Trinajstić information content (AvgIpc) is 3.19. The summed E-state index contributed by atoms with van der Waals surface area (Å²) < 4.78 is 11.2. The Labute approximate surface area is 156 Å². The number of furan rings is 1. The van der Waals surface area contributed by atoms with Gasteiger partial charge < -0.3 is 13.9 Å². The van der Waals surface area contributed by atoms with Crippen molar-refractivity contribution in [1.29, 1.82) is 0 Å². The normalized spacial score (nSPS) is 11.3. The largest absolute Gasteiger partial charge is 0.508 e. The molecule has 0 saturated heterocycles. The molecule has 27 heavy (non-hydrogen) atoms.